The average molecular weight is 213 g/mol. The number of carbonyl (C=O) groups excluding carboxylic acids is 1. The van der Waals surface area contributed by atoms with Crippen molar-refractivity contribution < 1.29 is 14.6 Å². The quantitative estimate of drug-likeness (QED) is 0.604. The lowest BCUT2D eigenvalue weighted by atomic mass is 10.2. The topological polar surface area (TPSA) is 46.5 Å². The fourth-order valence-electron chi connectivity index (χ4n) is 0.892. The Bertz CT molecular complexity index is 372. The van der Waals surface area contributed by atoms with Gasteiger partial charge in [0.2, 0.25) is 0 Å². The zero-order chi connectivity index (χ0) is 10.6. The van der Waals surface area contributed by atoms with E-state index in [1.807, 2.05) is 0 Å². The predicted molar refractivity (Wildman–Crippen MR) is 54.2 cm³/mol. The molecule has 0 atom stereocenters. The summed E-state index contributed by atoms with van der Waals surface area (Å²) >= 11 is 5.77. The van der Waals surface area contributed by atoms with Crippen molar-refractivity contribution in [2.75, 3.05) is 7.11 Å². The Balaban J connectivity index is 2.92. The summed E-state index contributed by atoms with van der Waals surface area (Å²) in [4.78, 5) is 10.8. The maximum atomic E-state index is 10.8. The highest BCUT2D eigenvalue weighted by Gasteiger charge is 2.01. The van der Waals surface area contributed by atoms with E-state index in [9.17, 15) is 9.90 Å². The molecule has 0 bridgehead atoms. The van der Waals surface area contributed by atoms with Crippen LogP contribution in [0.25, 0.3) is 6.08 Å². The first kappa shape index (κ1) is 10.6. The zero-order valence-corrected chi connectivity index (χ0v) is 8.28. The Hall–Kier alpha value is -1.48. The van der Waals surface area contributed by atoms with Gasteiger partial charge >= 0.3 is 5.97 Å². The molecule has 0 unspecified atom stereocenters. The van der Waals surface area contributed by atoms with Crippen LogP contribution in [-0.2, 0) is 9.53 Å². The number of phenols is 1. The molecule has 1 aromatic carbocycles. The number of methoxy groups -OCH3 is 1. The summed E-state index contributed by atoms with van der Waals surface area (Å²) in [6.45, 7) is 0. The molecule has 0 fully saturated rings. The predicted octanol–water partition coefficient (Wildman–Crippen LogP) is 2.23. The number of halogens is 1. The number of esters is 1. The van der Waals surface area contributed by atoms with Crippen molar-refractivity contribution in [1.82, 2.24) is 0 Å². The van der Waals surface area contributed by atoms with Gasteiger partial charge in [0.15, 0.2) is 0 Å². The molecule has 0 aliphatic rings. The molecule has 0 aliphatic heterocycles. The standard InChI is InChI=1S/C10H9ClO3/c1-14-9(13)6-5-7-3-2-4-8(12)10(7)11/h2-6,12H,1H3/b6-5+. The van der Waals surface area contributed by atoms with Crippen molar-refractivity contribution in [2.24, 2.45) is 0 Å². The van der Waals surface area contributed by atoms with Crippen LogP contribution in [0.15, 0.2) is 24.3 Å². The molecule has 4 heteroatoms. The number of carbonyl (C=O) groups is 1. The van der Waals surface area contributed by atoms with Gasteiger partial charge in [-0.1, -0.05) is 23.7 Å². The number of ether oxygens (including phenoxy) is 1. The van der Waals surface area contributed by atoms with Gasteiger partial charge in [-0.3, -0.25) is 0 Å². The van der Waals surface area contributed by atoms with Crippen LogP contribution in [0.2, 0.25) is 5.02 Å². The summed E-state index contributed by atoms with van der Waals surface area (Å²) in [5, 5.41) is 9.46. The molecule has 0 amide bonds. The SMILES string of the molecule is COC(=O)/C=C/c1cccc(O)c1Cl. The third-order valence-electron chi connectivity index (χ3n) is 1.61. The number of aromatic hydroxyl groups is 1. The molecular weight excluding hydrogens is 204 g/mol. The van der Waals surface area contributed by atoms with Crippen LogP contribution in [0.5, 0.6) is 5.75 Å². The molecular formula is C10H9ClO3. The van der Waals surface area contributed by atoms with Crippen molar-refractivity contribution in [3.63, 3.8) is 0 Å². The third-order valence-corrected chi connectivity index (χ3v) is 2.02. The Morgan fingerprint density at radius 3 is 2.93 bits per heavy atom. The van der Waals surface area contributed by atoms with Gasteiger partial charge < -0.3 is 9.84 Å². The van der Waals surface area contributed by atoms with Crippen LogP contribution >= 0.6 is 11.6 Å². The lowest BCUT2D eigenvalue weighted by Crippen LogP contribution is -1.93. The molecule has 0 aromatic heterocycles. The maximum absolute atomic E-state index is 10.8. The molecule has 1 rings (SSSR count). The highest BCUT2D eigenvalue weighted by atomic mass is 35.5. The van der Waals surface area contributed by atoms with Crippen LogP contribution < -0.4 is 0 Å². The normalized spacial score (nSPS) is 10.4. The van der Waals surface area contributed by atoms with Gasteiger partial charge in [-0.15, -0.1) is 0 Å². The number of benzene rings is 1. The molecule has 1 N–H and O–H groups in total. The first-order valence-corrected chi connectivity index (χ1v) is 4.26. The van der Waals surface area contributed by atoms with Crippen molar-refractivity contribution in [2.45, 2.75) is 0 Å². The molecule has 0 heterocycles. The van der Waals surface area contributed by atoms with E-state index in [1.54, 1.807) is 12.1 Å². The summed E-state index contributed by atoms with van der Waals surface area (Å²) in [5.41, 5.74) is 0.567. The first-order valence-electron chi connectivity index (χ1n) is 3.88. The van der Waals surface area contributed by atoms with Gasteiger partial charge in [0.05, 0.1) is 12.1 Å². The van der Waals surface area contributed by atoms with Gasteiger partial charge in [-0.05, 0) is 17.7 Å². The molecule has 0 radical (unpaired) electrons. The van der Waals surface area contributed by atoms with Crippen LogP contribution in [0.3, 0.4) is 0 Å². The third kappa shape index (κ3) is 2.50. The van der Waals surface area contributed by atoms with E-state index in [2.05, 4.69) is 4.74 Å². The van der Waals surface area contributed by atoms with Crippen LogP contribution in [0, 0.1) is 0 Å². The van der Waals surface area contributed by atoms with Crippen LogP contribution in [-0.4, -0.2) is 18.2 Å². The number of phenolic OH excluding ortho intramolecular Hbond substituents is 1. The van der Waals surface area contributed by atoms with Crippen LogP contribution in [0.1, 0.15) is 5.56 Å². The van der Waals surface area contributed by atoms with E-state index in [0.717, 1.165) is 0 Å². The smallest absolute Gasteiger partial charge is 0.330 e. The molecule has 0 saturated carbocycles. The molecule has 3 nitrogen and oxygen atoms in total. The molecule has 14 heavy (non-hydrogen) atoms. The summed E-state index contributed by atoms with van der Waals surface area (Å²) in [6.07, 6.45) is 2.72. The molecule has 1 aromatic rings. The Morgan fingerprint density at radius 2 is 2.29 bits per heavy atom. The van der Waals surface area contributed by atoms with Crippen LogP contribution in [0.4, 0.5) is 0 Å². The summed E-state index contributed by atoms with van der Waals surface area (Å²) < 4.78 is 4.41. The fraction of sp³-hybridized carbons (Fsp3) is 0.100. The molecule has 0 saturated heterocycles. The number of hydrogen-bond donors (Lipinski definition) is 1. The monoisotopic (exact) mass is 212 g/mol. The summed E-state index contributed by atoms with van der Waals surface area (Å²) in [7, 11) is 1.29. The van der Waals surface area contributed by atoms with Gasteiger partial charge in [0, 0.05) is 6.08 Å². The van der Waals surface area contributed by atoms with Crippen molar-refractivity contribution in [1.29, 1.82) is 0 Å². The van der Waals surface area contributed by atoms with Crippen molar-refractivity contribution in [3.8, 4) is 5.75 Å². The van der Waals surface area contributed by atoms with Crippen molar-refractivity contribution >= 4 is 23.6 Å². The molecule has 0 spiro atoms. The Morgan fingerprint density at radius 1 is 1.57 bits per heavy atom. The largest absolute Gasteiger partial charge is 0.506 e. The zero-order valence-electron chi connectivity index (χ0n) is 7.53. The highest BCUT2D eigenvalue weighted by molar-refractivity contribution is 6.33. The van der Waals surface area contributed by atoms with E-state index in [1.165, 1.54) is 25.3 Å². The second-order valence-electron chi connectivity index (χ2n) is 2.54. The van der Waals surface area contributed by atoms with Crippen molar-refractivity contribution in [3.05, 3.63) is 34.9 Å². The van der Waals surface area contributed by atoms with Gasteiger partial charge in [-0.25, -0.2) is 4.79 Å². The van der Waals surface area contributed by atoms with Gasteiger partial charge in [0.1, 0.15) is 5.75 Å². The lowest BCUT2D eigenvalue weighted by Gasteiger charge is -1.99. The lowest BCUT2D eigenvalue weighted by molar-refractivity contribution is -0.134. The van der Waals surface area contributed by atoms with E-state index < -0.39 is 5.97 Å². The van der Waals surface area contributed by atoms with E-state index in [4.69, 9.17) is 11.6 Å². The minimum Gasteiger partial charge on any atom is -0.506 e. The minimum absolute atomic E-state index is 0.0151. The van der Waals surface area contributed by atoms with Gasteiger partial charge in [0.25, 0.3) is 0 Å². The minimum atomic E-state index is -0.468. The fourth-order valence-corrected chi connectivity index (χ4v) is 1.08. The second-order valence-corrected chi connectivity index (χ2v) is 2.91. The number of hydrogen-bond acceptors (Lipinski definition) is 3. The molecule has 74 valence electrons. The van der Waals surface area contributed by atoms with E-state index >= 15 is 0 Å². The summed E-state index contributed by atoms with van der Waals surface area (Å²) in [6, 6.07) is 4.79. The van der Waals surface area contributed by atoms with Gasteiger partial charge in [-0.2, -0.15) is 0 Å². The Labute approximate surface area is 86.6 Å². The average Bonchev–Trinajstić information content (AvgIpc) is 2.20. The summed E-state index contributed by atoms with van der Waals surface area (Å²) in [5.74, 6) is -0.483. The molecule has 0 aliphatic carbocycles. The van der Waals surface area contributed by atoms with E-state index in [-0.39, 0.29) is 10.8 Å². The van der Waals surface area contributed by atoms with E-state index in [0.29, 0.717) is 5.56 Å². The second kappa shape index (κ2) is 4.67. The number of rotatable bonds is 2. The Kier molecular flexibility index (Phi) is 3.54. The highest BCUT2D eigenvalue weighted by Crippen LogP contribution is 2.27. The maximum Gasteiger partial charge on any atom is 0.330 e. The first-order chi connectivity index (χ1) is 6.65.